The van der Waals surface area contributed by atoms with Crippen molar-refractivity contribution < 1.29 is 32.9 Å². The van der Waals surface area contributed by atoms with Gasteiger partial charge in [0.25, 0.3) is 0 Å². The Kier molecular flexibility index (Phi) is 6.08. The van der Waals surface area contributed by atoms with Gasteiger partial charge < -0.3 is 23.9 Å². The molecule has 194 valence electrons. The van der Waals surface area contributed by atoms with E-state index < -0.39 is 23.7 Å². The van der Waals surface area contributed by atoms with Crippen LogP contribution in [-0.4, -0.2) is 58.9 Å². The summed E-state index contributed by atoms with van der Waals surface area (Å²) in [7, 11) is 1.41. The van der Waals surface area contributed by atoms with Crippen molar-refractivity contribution in [2.24, 2.45) is 0 Å². The van der Waals surface area contributed by atoms with Crippen molar-refractivity contribution >= 4 is 27.8 Å². The van der Waals surface area contributed by atoms with Gasteiger partial charge in [-0.1, -0.05) is 0 Å². The summed E-state index contributed by atoms with van der Waals surface area (Å²) in [6.07, 6.45) is 3.07. The number of halogens is 2. The normalized spacial score (nSPS) is 21.1. The monoisotopic (exact) mass is 511 g/mol. The zero-order valence-electron chi connectivity index (χ0n) is 20.3. The fourth-order valence-corrected chi connectivity index (χ4v) is 5.87. The van der Waals surface area contributed by atoms with Gasteiger partial charge in [0, 0.05) is 53.3 Å². The highest BCUT2D eigenvalue weighted by Crippen LogP contribution is 2.46. The Morgan fingerprint density at radius 1 is 1.16 bits per heavy atom. The highest BCUT2D eigenvalue weighted by molar-refractivity contribution is 6.00. The molecule has 6 rings (SSSR count). The maximum Gasteiger partial charge on any atom is 0.332 e. The third kappa shape index (κ3) is 3.95. The van der Waals surface area contributed by atoms with Gasteiger partial charge in [-0.2, -0.15) is 5.10 Å². The number of carboxylic acids is 1. The molecule has 2 aromatic carbocycles. The van der Waals surface area contributed by atoms with Gasteiger partial charge in [-0.15, -0.1) is 0 Å². The van der Waals surface area contributed by atoms with Crippen molar-refractivity contribution in [1.29, 1.82) is 0 Å². The van der Waals surface area contributed by atoms with Crippen molar-refractivity contribution in [3.05, 3.63) is 53.4 Å². The van der Waals surface area contributed by atoms with Gasteiger partial charge >= 0.3 is 5.97 Å². The number of fused-ring (bicyclic) bond motifs is 2. The summed E-state index contributed by atoms with van der Waals surface area (Å²) in [5.41, 5.74) is 3.33. The molecule has 0 aliphatic carbocycles. The smallest absolute Gasteiger partial charge is 0.332 e. The summed E-state index contributed by atoms with van der Waals surface area (Å²) in [4.78, 5) is 11.5. The molecule has 2 N–H and O–H groups in total. The highest BCUT2D eigenvalue weighted by atomic mass is 19.1. The van der Waals surface area contributed by atoms with Crippen molar-refractivity contribution in [1.82, 2.24) is 14.8 Å². The number of aliphatic carboxylic acids is 1. The lowest BCUT2D eigenvalue weighted by atomic mass is 9.84. The zero-order chi connectivity index (χ0) is 25.7. The van der Waals surface area contributed by atoms with Crippen molar-refractivity contribution in [2.75, 3.05) is 26.9 Å². The molecule has 37 heavy (non-hydrogen) atoms. The molecule has 0 saturated carbocycles. The summed E-state index contributed by atoms with van der Waals surface area (Å²) in [5.74, 6) is -1.96. The van der Waals surface area contributed by atoms with Gasteiger partial charge in [0.2, 0.25) is 0 Å². The van der Waals surface area contributed by atoms with Crippen LogP contribution < -0.4 is 4.74 Å². The fourth-order valence-electron chi connectivity index (χ4n) is 5.87. The number of methoxy groups -OCH3 is 1. The lowest BCUT2D eigenvalue weighted by molar-refractivity contribution is -0.153. The number of benzene rings is 2. The van der Waals surface area contributed by atoms with Crippen LogP contribution in [0.1, 0.15) is 48.8 Å². The number of carbonyl (C=O) groups is 1. The quantitative estimate of drug-likeness (QED) is 0.390. The van der Waals surface area contributed by atoms with Crippen LogP contribution >= 0.6 is 0 Å². The molecule has 2 saturated heterocycles. The van der Waals surface area contributed by atoms with Gasteiger partial charge in [-0.25, -0.2) is 13.6 Å². The SMILES string of the molecule is COc1cc(-n2c(C3CCOCC3)c([C@@H]3CCC(C(=O)O)OC3)c3c(F)c4[nH]ncc4cc32)ccc1F. The van der Waals surface area contributed by atoms with E-state index in [1.807, 2.05) is 10.6 Å². The number of hydrogen-bond donors (Lipinski definition) is 2. The largest absolute Gasteiger partial charge is 0.494 e. The molecule has 0 spiro atoms. The number of nitrogens with zero attached hydrogens (tertiary/aromatic N) is 2. The van der Waals surface area contributed by atoms with Gasteiger partial charge in [0.05, 0.1) is 25.4 Å². The predicted octanol–water partition coefficient (Wildman–Crippen LogP) is 5.03. The Hall–Kier alpha value is -3.50. The van der Waals surface area contributed by atoms with Crippen LogP contribution in [0.15, 0.2) is 30.5 Å². The van der Waals surface area contributed by atoms with E-state index in [4.69, 9.17) is 14.2 Å². The fraction of sp³-hybridized carbons (Fsp3) is 0.407. The topological polar surface area (TPSA) is 98.6 Å². The summed E-state index contributed by atoms with van der Waals surface area (Å²) < 4.78 is 49.3. The van der Waals surface area contributed by atoms with E-state index in [9.17, 15) is 14.3 Å². The summed E-state index contributed by atoms with van der Waals surface area (Å²) in [6, 6.07) is 6.53. The zero-order valence-corrected chi connectivity index (χ0v) is 20.3. The first-order valence-corrected chi connectivity index (χ1v) is 12.4. The third-order valence-electron chi connectivity index (χ3n) is 7.64. The van der Waals surface area contributed by atoms with E-state index in [1.54, 1.807) is 18.3 Å². The molecule has 4 heterocycles. The molecule has 0 bridgehead atoms. The molecule has 2 aliphatic heterocycles. The van der Waals surface area contributed by atoms with Crippen LogP contribution in [0.3, 0.4) is 0 Å². The Morgan fingerprint density at radius 3 is 2.68 bits per heavy atom. The van der Waals surface area contributed by atoms with Crippen LogP contribution in [0, 0.1) is 11.6 Å². The summed E-state index contributed by atoms with van der Waals surface area (Å²) in [5, 5.41) is 17.3. The first kappa shape index (κ1) is 23.9. The standard InChI is InChI=1S/C27H27F2N3O5/c1-35-21-11-17(3-4-18(21)28)32-19-10-16-12-30-31-25(16)24(29)23(19)22(26(32)14-6-8-36-9-7-14)15-2-5-20(27(33)34)37-13-15/h3-4,10-12,14-15,20H,2,5-9,13H2,1H3,(H,30,31)(H,33,34)/t15-,20?/m1/s1. The van der Waals surface area contributed by atoms with E-state index >= 15 is 4.39 Å². The minimum atomic E-state index is -0.991. The first-order valence-electron chi connectivity index (χ1n) is 12.4. The molecule has 2 aromatic heterocycles. The average Bonchev–Trinajstić information content (AvgIpc) is 3.53. The molecule has 8 nitrogen and oxygen atoms in total. The van der Waals surface area contributed by atoms with Crippen molar-refractivity contribution in [3.63, 3.8) is 0 Å². The van der Waals surface area contributed by atoms with Gasteiger partial charge in [-0.3, -0.25) is 5.10 Å². The summed E-state index contributed by atoms with van der Waals surface area (Å²) in [6.45, 7) is 1.32. The Morgan fingerprint density at radius 2 is 1.97 bits per heavy atom. The lowest BCUT2D eigenvalue weighted by Gasteiger charge is -2.31. The van der Waals surface area contributed by atoms with Gasteiger partial charge in [0.1, 0.15) is 5.52 Å². The Labute approximate surface area is 211 Å². The second-order valence-corrected chi connectivity index (χ2v) is 9.69. The maximum atomic E-state index is 16.3. The van der Waals surface area contributed by atoms with Crippen LogP contribution in [0.4, 0.5) is 8.78 Å². The van der Waals surface area contributed by atoms with Gasteiger partial charge in [0.15, 0.2) is 23.5 Å². The molecule has 0 radical (unpaired) electrons. The van der Waals surface area contributed by atoms with Crippen LogP contribution in [0.25, 0.3) is 27.5 Å². The van der Waals surface area contributed by atoms with E-state index in [0.29, 0.717) is 53.5 Å². The number of hydrogen-bond acceptors (Lipinski definition) is 5. The number of carboxylic acid groups (broad SMARTS) is 1. The summed E-state index contributed by atoms with van der Waals surface area (Å²) >= 11 is 0. The van der Waals surface area contributed by atoms with Crippen LogP contribution in [0.2, 0.25) is 0 Å². The van der Waals surface area contributed by atoms with Crippen molar-refractivity contribution in [2.45, 2.75) is 43.6 Å². The molecular weight excluding hydrogens is 484 g/mol. The van der Waals surface area contributed by atoms with E-state index in [-0.39, 0.29) is 24.2 Å². The molecular formula is C27H27F2N3O5. The molecule has 2 fully saturated rings. The number of H-pyrrole nitrogens is 1. The Balaban J connectivity index is 1.66. The second kappa shape index (κ2) is 9.42. The molecule has 10 heteroatoms. The number of ether oxygens (including phenoxy) is 3. The molecule has 2 atom stereocenters. The third-order valence-corrected chi connectivity index (χ3v) is 7.64. The average molecular weight is 512 g/mol. The van der Waals surface area contributed by atoms with Crippen molar-refractivity contribution in [3.8, 4) is 11.4 Å². The van der Waals surface area contributed by atoms with E-state index in [2.05, 4.69) is 10.2 Å². The molecule has 1 unspecified atom stereocenters. The van der Waals surface area contributed by atoms with E-state index in [1.165, 1.54) is 13.2 Å². The van der Waals surface area contributed by atoms with E-state index in [0.717, 1.165) is 24.1 Å². The number of nitrogens with one attached hydrogen (secondary N) is 1. The van der Waals surface area contributed by atoms with Gasteiger partial charge in [-0.05, 0) is 49.4 Å². The molecule has 4 aromatic rings. The number of aromatic nitrogens is 3. The highest BCUT2D eigenvalue weighted by Gasteiger charge is 2.36. The first-order chi connectivity index (χ1) is 18.0. The minimum Gasteiger partial charge on any atom is -0.494 e. The maximum absolute atomic E-state index is 16.3. The predicted molar refractivity (Wildman–Crippen MR) is 132 cm³/mol. The molecule has 2 aliphatic rings. The number of aromatic amines is 1. The molecule has 0 amide bonds. The minimum absolute atomic E-state index is 0.0558. The number of rotatable bonds is 5. The Bertz CT molecular complexity index is 1480. The second-order valence-electron chi connectivity index (χ2n) is 9.69. The van der Waals surface area contributed by atoms with Crippen LogP contribution in [-0.2, 0) is 14.3 Å². The van der Waals surface area contributed by atoms with Crippen LogP contribution in [0.5, 0.6) is 5.75 Å². The lowest BCUT2D eigenvalue weighted by Crippen LogP contribution is -2.32.